The van der Waals surface area contributed by atoms with Crippen molar-refractivity contribution >= 4 is 23.2 Å². The molecule has 3 rings (SSSR count). The first kappa shape index (κ1) is 18.3. The Morgan fingerprint density at radius 3 is 2.62 bits per heavy atom. The van der Waals surface area contributed by atoms with Crippen molar-refractivity contribution < 1.29 is 23.1 Å². The van der Waals surface area contributed by atoms with Gasteiger partial charge in [0.25, 0.3) is 0 Å². The van der Waals surface area contributed by atoms with E-state index in [2.05, 4.69) is 4.98 Å². The molecule has 0 radical (unpaired) electrons. The first-order valence-corrected chi connectivity index (χ1v) is 8.17. The maximum Gasteiger partial charge on any atom is 0.416 e. The topological polar surface area (TPSA) is 54.6 Å². The molecule has 0 fully saturated rings. The summed E-state index contributed by atoms with van der Waals surface area (Å²) in [6.45, 7) is 1.87. The average molecular weight is 383 g/mol. The lowest BCUT2D eigenvalue weighted by molar-refractivity contribution is -0.138. The van der Waals surface area contributed by atoms with Crippen LogP contribution < -0.4 is 0 Å². The first-order chi connectivity index (χ1) is 12.2. The number of hydrogen-bond acceptors (Lipinski definition) is 2. The molecule has 4 nitrogen and oxygen atoms in total. The fraction of sp³-hybridized carbons (Fsp3) is 0.222. The first-order valence-electron chi connectivity index (χ1n) is 7.79. The Labute approximate surface area is 151 Å². The van der Waals surface area contributed by atoms with Gasteiger partial charge in [0, 0.05) is 23.3 Å². The van der Waals surface area contributed by atoms with E-state index < -0.39 is 17.7 Å². The Morgan fingerprint density at radius 2 is 2.00 bits per heavy atom. The Bertz CT molecular complexity index is 996. The summed E-state index contributed by atoms with van der Waals surface area (Å²) in [5, 5.41) is 9.10. The lowest BCUT2D eigenvalue weighted by Gasteiger charge is -2.13. The van der Waals surface area contributed by atoms with Gasteiger partial charge in [0.1, 0.15) is 5.65 Å². The zero-order valence-electron chi connectivity index (χ0n) is 13.6. The van der Waals surface area contributed by atoms with Gasteiger partial charge < -0.3 is 9.51 Å². The molecule has 0 unspecified atom stereocenters. The number of halogens is 4. The normalized spacial score (nSPS) is 11.9. The van der Waals surface area contributed by atoms with Crippen molar-refractivity contribution in [3.8, 4) is 0 Å². The molecule has 0 saturated carbocycles. The number of carbonyl (C=O) groups is 1. The van der Waals surface area contributed by atoms with Gasteiger partial charge in [-0.3, -0.25) is 0 Å². The van der Waals surface area contributed by atoms with Crippen LogP contribution in [0.15, 0.2) is 36.5 Å². The van der Waals surface area contributed by atoms with Crippen molar-refractivity contribution in [1.82, 2.24) is 9.38 Å². The molecule has 0 amide bonds. The van der Waals surface area contributed by atoms with Gasteiger partial charge in [-0.15, -0.1) is 0 Å². The zero-order chi connectivity index (χ0) is 19.1. The molecule has 0 atom stereocenters. The third-order valence-electron chi connectivity index (χ3n) is 4.13. The number of aromatic nitrogens is 2. The Hall–Kier alpha value is -2.54. The number of alkyl halides is 3. The van der Waals surface area contributed by atoms with E-state index in [1.807, 2.05) is 6.92 Å². The van der Waals surface area contributed by atoms with Crippen LogP contribution in [0.1, 0.15) is 39.8 Å². The standard InChI is InChI=1S/C18H14ClF3N2O2/c1-2-15-14(23-16-8-11(17(25)26)5-6-24(15)16)7-10-3-4-12(19)9-13(10)18(20,21)22/h3-6,8-9H,2,7H2,1H3,(H,25,26). The molecule has 0 aliphatic carbocycles. The Kier molecular flexibility index (Phi) is 4.66. The highest BCUT2D eigenvalue weighted by molar-refractivity contribution is 6.30. The predicted molar refractivity (Wildman–Crippen MR) is 90.8 cm³/mol. The number of aryl methyl sites for hydroxylation is 1. The molecule has 2 aromatic heterocycles. The van der Waals surface area contributed by atoms with E-state index in [1.54, 1.807) is 10.6 Å². The maximum absolute atomic E-state index is 13.3. The van der Waals surface area contributed by atoms with E-state index in [-0.39, 0.29) is 22.6 Å². The minimum atomic E-state index is -4.53. The number of hydrogen-bond donors (Lipinski definition) is 1. The van der Waals surface area contributed by atoms with Crippen LogP contribution in [0.4, 0.5) is 13.2 Å². The molecule has 0 bridgehead atoms. The SMILES string of the molecule is CCc1c(Cc2ccc(Cl)cc2C(F)(F)F)nc2cc(C(=O)O)ccn12. The van der Waals surface area contributed by atoms with Gasteiger partial charge in [-0.1, -0.05) is 24.6 Å². The van der Waals surface area contributed by atoms with E-state index in [4.69, 9.17) is 16.7 Å². The van der Waals surface area contributed by atoms with Crippen molar-refractivity contribution in [2.75, 3.05) is 0 Å². The Morgan fingerprint density at radius 1 is 1.27 bits per heavy atom. The van der Waals surface area contributed by atoms with Crippen molar-refractivity contribution in [2.45, 2.75) is 25.9 Å². The molecule has 26 heavy (non-hydrogen) atoms. The van der Waals surface area contributed by atoms with Gasteiger partial charge in [0.2, 0.25) is 0 Å². The molecular weight excluding hydrogens is 369 g/mol. The molecule has 0 saturated heterocycles. The summed E-state index contributed by atoms with van der Waals surface area (Å²) in [7, 11) is 0. The number of aromatic carboxylic acids is 1. The van der Waals surface area contributed by atoms with Crippen molar-refractivity contribution in [1.29, 1.82) is 0 Å². The van der Waals surface area contributed by atoms with Crippen LogP contribution >= 0.6 is 11.6 Å². The molecule has 1 N–H and O–H groups in total. The molecule has 2 heterocycles. The highest BCUT2D eigenvalue weighted by Gasteiger charge is 2.33. The third kappa shape index (κ3) is 3.39. The molecule has 3 aromatic rings. The van der Waals surface area contributed by atoms with Gasteiger partial charge in [-0.25, -0.2) is 9.78 Å². The number of carboxylic acids is 1. The van der Waals surface area contributed by atoms with Crippen LogP contribution in [0.3, 0.4) is 0 Å². The number of pyridine rings is 1. The summed E-state index contributed by atoms with van der Waals surface area (Å²) in [6.07, 6.45) is -2.44. The van der Waals surface area contributed by atoms with E-state index in [1.165, 1.54) is 24.3 Å². The summed E-state index contributed by atoms with van der Waals surface area (Å²) < 4.78 is 41.6. The number of carboxylic acid groups (broad SMARTS) is 1. The monoisotopic (exact) mass is 382 g/mol. The van der Waals surface area contributed by atoms with Crippen molar-refractivity contribution in [2.24, 2.45) is 0 Å². The molecule has 136 valence electrons. The number of benzene rings is 1. The van der Waals surface area contributed by atoms with Gasteiger partial charge in [0.15, 0.2) is 0 Å². The van der Waals surface area contributed by atoms with Gasteiger partial charge in [0.05, 0.1) is 16.8 Å². The third-order valence-corrected chi connectivity index (χ3v) is 4.36. The zero-order valence-corrected chi connectivity index (χ0v) is 14.4. The molecular formula is C18H14ClF3N2O2. The number of nitrogens with zero attached hydrogens (tertiary/aromatic N) is 2. The summed E-state index contributed by atoms with van der Waals surface area (Å²) in [6, 6.07) is 6.50. The second kappa shape index (κ2) is 6.64. The van der Waals surface area contributed by atoms with Crippen LogP contribution in [-0.2, 0) is 19.0 Å². The van der Waals surface area contributed by atoms with Crippen LogP contribution in [0.2, 0.25) is 5.02 Å². The Balaban J connectivity index is 2.11. The molecule has 0 aliphatic rings. The van der Waals surface area contributed by atoms with Crippen LogP contribution in [0.5, 0.6) is 0 Å². The van der Waals surface area contributed by atoms with E-state index >= 15 is 0 Å². The number of imidazole rings is 1. The number of fused-ring (bicyclic) bond motifs is 1. The van der Waals surface area contributed by atoms with Crippen LogP contribution in [0.25, 0.3) is 5.65 Å². The van der Waals surface area contributed by atoms with Crippen LogP contribution in [0, 0.1) is 0 Å². The predicted octanol–water partition coefficient (Wildman–Crippen LogP) is 4.86. The summed E-state index contributed by atoms with van der Waals surface area (Å²) >= 11 is 5.72. The largest absolute Gasteiger partial charge is 0.478 e. The van der Waals surface area contributed by atoms with Crippen molar-refractivity contribution in [3.63, 3.8) is 0 Å². The fourth-order valence-electron chi connectivity index (χ4n) is 2.94. The second-order valence-corrected chi connectivity index (χ2v) is 6.22. The number of rotatable bonds is 4. The second-order valence-electron chi connectivity index (χ2n) is 5.78. The summed E-state index contributed by atoms with van der Waals surface area (Å²) in [5.41, 5.74) is 0.940. The summed E-state index contributed by atoms with van der Waals surface area (Å²) in [4.78, 5) is 15.5. The maximum atomic E-state index is 13.3. The van der Waals surface area contributed by atoms with Crippen LogP contribution in [-0.4, -0.2) is 20.5 Å². The van der Waals surface area contributed by atoms with E-state index in [0.717, 1.165) is 11.8 Å². The molecule has 8 heteroatoms. The molecule has 0 aliphatic heterocycles. The van der Waals surface area contributed by atoms with Gasteiger partial charge >= 0.3 is 12.1 Å². The minimum Gasteiger partial charge on any atom is -0.478 e. The molecule has 0 spiro atoms. The quantitative estimate of drug-likeness (QED) is 0.701. The van der Waals surface area contributed by atoms with E-state index in [0.29, 0.717) is 17.8 Å². The van der Waals surface area contributed by atoms with Gasteiger partial charge in [-0.2, -0.15) is 13.2 Å². The minimum absolute atomic E-state index is 0.0119. The molecule has 1 aromatic carbocycles. The lowest BCUT2D eigenvalue weighted by Crippen LogP contribution is -2.10. The van der Waals surface area contributed by atoms with E-state index in [9.17, 15) is 18.0 Å². The van der Waals surface area contributed by atoms with Gasteiger partial charge in [-0.05, 0) is 36.2 Å². The highest BCUT2D eigenvalue weighted by Crippen LogP contribution is 2.35. The fourth-order valence-corrected chi connectivity index (χ4v) is 3.11. The highest BCUT2D eigenvalue weighted by atomic mass is 35.5. The average Bonchev–Trinajstić information content (AvgIpc) is 2.91. The summed E-state index contributed by atoms with van der Waals surface area (Å²) in [5.74, 6) is -1.09. The lowest BCUT2D eigenvalue weighted by atomic mass is 10.0. The smallest absolute Gasteiger partial charge is 0.416 e. The van der Waals surface area contributed by atoms with Crippen molar-refractivity contribution in [3.05, 3.63) is 69.6 Å².